The molecule has 0 aromatic heterocycles. The molecule has 0 saturated carbocycles. The summed E-state index contributed by atoms with van der Waals surface area (Å²) in [7, 11) is 0. The zero-order valence-corrected chi connectivity index (χ0v) is 10.0. The van der Waals surface area contributed by atoms with E-state index in [-0.39, 0.29) is 17.6 Å². The Morgan fingerprint density at radius 1 is 1.44 bits per heavy atom. The van der Waals surface area contributed by atoms with Crippen molar-refractivity contribution in [3.8, 4) is 0 Å². The van der Waals surface area contributed by atoms with E-state index in [0.717, 1.165) is 17.5 Å². The highest BCUT2D eigenvalue weighted by Crippen LogP contribution is 2.10. The summed E-state index contributed by atoms with van der Waals surface area (Å²) in [6.45, 7) is 6.20. The highest BCUT2D eigenvalue weighted by Gasteiger charge is 2.06. The number of carbonyl (C=O) groups is 1. The summed E-state index contributed by atoms with van der Waals surface area (Å²) in [6, 6.07) is 4.73. The first-order chi connectivity index (χ1) is 7.50. The summed E-state index contributed by atoms with van der Waals surface area (Å²) in [5, 5.41) is 2.84. The molecule has 0 unspecified atom stereocenters. The van der Waals surface area contributed by atoms with E-state index in [4.69, 9.17) is 0 Å². The van der Waals surface area contributed by atoms with Crippen molar-refractivity contribution >= 4 is 5.91 Å². The lowest BCUT2D eigenvalue weighted by Gasteiger charge is -2.09. The Labute approximate surface area is 95.9 Å². The Hall–Kier alpha value is -1.38. The molecule has 1 aromatic carbocycles. The molecular formula is C13H18FNO. The van der Waals surface area contributed by atoms with Crippen LogP contribution in [0, 0.1) is 18.7 Å². The van der Waals surface area contributed by atoms with Crippen LogP contribution < -0.4 is 5.32 Å². The van der Waals surface area contributed by atoms with Gasteiger partial charge in [0.2, 0.25) is 5.91 Å². The van der Waals surface area contributed by atoms with Crippen LogP contribution in [0.25, 0.3) is 0 Å². The Balaban J connectivity index is 2.46. The molecule has 16 heavy (non-hydrogen) atoms. The molecule has 0 saturated heterocycles. The molecule has 0 fully saturated rings. The predicted octanol–water partition coefficient (Wildman–Crippen LogP) is 2.45. The van der Waals surface area contributed by atoms with Crippen molar-refractivity contribution in [2.75, 3.05) is 6.54 Å². The standard InChI is InChI=1S/C13H18FNO/c1-9(2)13(16)15-7-6-11-4-5-12(14)8-10(11)3/h4-5,8-9H,6-7H2,1-3H3,(H,15,16). The van der Waals surface area contributed by atoms with Crippen molar-refractivity contribution in [2.24, 2.45) is 5.92 Å². The third-order valence-electron chi connectivity index (χ3n) is 2.52. The van der Waals surface area contributed by atoms with Crippen LogP contribution >= 0.6 is 0 Å². The molecule has 1 aromatic rings. The van der Waals surface area contributed by atoms with Crippen LogP contribution in [-0.4, -0.2) is 12.5 Å². The number of hydrogen-bond acceptors (Lipinski definition) is 1. The number of nitrogens with one attached hydrogen (secondary N) is 1. The minimum Gasteiger partial charge on any atom is -0.356 e. The summed E-state index contributed by atoms with van der Waals surface area (Å²) < 4.78 is 12.8. The van der Waals surface area contributed by atoms with Crippen molar-refractivity contribution in [3.05, 3.63) is 35.1 Å². The van der Waals surface area contributed by atoms with Crippen molar-refractivity contribution in [1.82, 2.24) is 5.32 Å². The first kappa shape index (κ1) is 12.7. The number of amides is 1. The zero-order valence-electron chi connectivity index (χ0n) is 10.0. The monoisotopic (exact) mass is 223 g/mol. The third-order valence-corrected chi connectivity index (χ3v) is 2.52. The Morgan fingerprint density at radius 3 is 2.69 bits per heavy atom. The number of carbonyl (C=O) groups excluding carboxylic acids is 1. The molecule has 0 atom stereocenters. The minimum absolute atomic E-state index is 0.00862. The van der Waals surface area contributed by atoms with Crippen LogP contribution in [0.15, 0.2) is 18.2 Å². The van der Waals surface area contributed by atoms with Crippen LogP contribution in [0.5, 0.6) is 0 Å². The van der Waals surface area contributed by atoms with Gasteiger partial charge in [-0.1, -0.05) is 19.9 Å². The Morgan fingerprint density at radius 2 is 2.12 bits per heavy atom. The summed E-state index contributed by atoms with van der Waals surface area (Å²) >= 11 is 0. The van der Waals surface area contributed by atoms with Gasteiger partial charge in [-0.2, -0.15) is 0 Å². The second-order valence-electron chi connectivity index (χ2n) is 4.27. The van der Waals surface area contributed by atoms with Crippen molar-refractivity contribution < 1.29 is 9.18 Å². The molecule has 0 spiro atoms. The molecule has 1 amide bonds. The SMILES string of the molecule is Cc1cc(F)ccc1CCNC(=O)C(C)C. The van der Waals surface area contributed by atoms with Crippen molar-refractivity contribution in [3.63, 3.8) is 0 Å². The van der Waals surface area contributed by atoms with E-state index < -0.39 is 0 Å². The van der Waals surface area contributed by atoms with Crippen LogP contribution in [0.3, 0.4) is 0 Å². The minimum atomic E-state index is -0.215. The lowest BCUT2D eigenvalue weighted by Crippen LogP contribution is -2.29. The highest BCUT2D eigenvalue weighted by molar-refractivity contribution is 5.77. The maximum Gasteiger partial charge on any atom is 0.222 e. The van der Waals surface area contributed by atoms with Gasteiger partial charge in [0.1, 0.15) is 5.82 Å². The van der Waals surface area contributed by atoms with Crippen LogP contribution in [0.2, 0.25) is 0 Å². The van der Waals surface area contributed by atoms with E-state index in [1.54, 1.807) is 6.07 Å². The molecule has 3 heteroatoms. The van der Waals surface area contributed by atoms with Gasteiger partial charge in [0, 0.05) is 12.5 Å². The number of hydrogen-bond donors (Lipinski definition) is 1. The fourth-order valence-corrected chi connectivity index (χ4v) is 1.46. The largest absolute Gasteiger partial charge is 0.356 e. The summed E-state index contributed by atoms with van der Waals surface area (Å²) in [5.41, 5.74) is 2.00. The Bertz CT molecular complexity index is 374. The molecule has 0 radical (unpaired) electrons. The van der Waals surface area contributed by atoms with E-state index in [2.05, 4.69) is 5.32 Å². The fourth-order valence-electron chi connectivity index (χ4n) is 1.46. The summed E-state index contributed by atoms with van der Waals surface area (Å²) in [6.07, 6.45) is 0.741. The molecule has 0 bridgehead atoms. The van der Waals surface area contributed by atoms with E-state index in [0.29, 0.717) is 6.54 Å². The average molecular weight is 223 g/mol. The molecule has 88 valence electrons. The maximum absolute atomic E-state index is 12.8. The third kappa shape index (κ3) is 3.65. The van der Waals surface area contributed by atoms with Gasteiger partial charge in [-0.15, -0.1) is 0 Å². The van der Waals surface area contributed by atoms with E-state index in [9.17, 15) is 9.18 Å². The molecule has 1 N–H and O–H groups in total. The molecular weight excluding hydrogens is 205 g/mol. The van der Waals surface area contributed by atoms with Gasteiger partial charge in [-0.05, 0) is 36.6 Å². The normalized spacial score (nSPS) is 10.6. The first-order valence-corrected chi connectivity index (χ1v) is 5.53. The number of aryl methyl sites for hydroxylation is 1. The number of rotatable bonds is 4. The molecule has 0 aliphatic rings. The van der Waals surface area contributed by atoms with E-state index in [1.165, 1.54) is 12.1 Å². The second kappa shape index (κ2) is 5.64. The summed E-state index contributed by atoms with van der Waals surface area (Å²) in [4.78, 5) is 11.3. The van der Waals surface area contributed by atoms with Gasteiger partial charge in [-0.3, -0.25) is 4.79 Å². The van der Waals surface area contributed by atoms with E-state index in [1.807, 2.05) is 20.8 Å². The highest BCUT2D eigenvalue weighted by atomic mass is 19.1. The van der Waals surface area contributed by atoms with Crippen LogP contribution in [-0.2, 0) is 11.2 Å². The van der Waals surface area contributed by atoms with Crippen LogP contribution in [0.1, 0.15) is 25.0 Å². The Kier molecular flexibility index (Phi) is 4.47. The van der Waals surface area contributed by atoms with Gasteiger partial charge >= 0.3 is 0 Å². The van der Waals surface area contributed by atoms with Gasteiger partial charge in [0.05, 0.1) is 0 Å². The second-order valence-corrected chi connectivity index (χ2v) is 4.27. The topological polar surface area (TPSA) is 29.1 Å². The number of benzene rings is 1. The van der Waals surface area contributed by atoms with Crippen molar-refractivity contribution in [1.29, 1.82) is 0 Å². The number of halogens is 1. The van der Waals surface area contributed by atoms with E-state index >= 15 is 0 Å². The quantitative estimate of drug-likeness (QED) is 0.834. The molecule has 0 aliphatic heterocycles. The molecule has 1 rings (SSSR count). The first-order valence-electron chi connectivity index (χ1n) is 5.53. The average Bonchev–Trinajstić information content (AvgIpc) is 2.20. The summed E-state index contributed by atoms with van der Waals surface area (Å²) in [5.74, 6) is -0.151. The predicted molar refractivity (Wildman–Crippen MR) is 62.7 cm³/mol. The molecule has 2 nitrogen and oxygen atoms in total. The van der Waals surface area contributed by atoms with Crippen LogP contribution in [0.4, 0.5) is 4.39 Å². The smallest absolute Gasteiger partial charge is 0.222 e. The molecule has 0 aliphatic carbocycles. The lowest BCUT2D eigenvalue weighted by molar-refractivity contribution is -0.123. The zero-order chi connectivity index (χ0) is 12.1. The van der Waals surface area contributed by atoms with Gasteiger partial charge in [0.25, 0.3) is 0 Å². The molecule has 0 heterocycles. The fraction of sp³-hybridized carbons (Fsp3) is 0.462. The maximum atomic E-state index is 12.8. The lowest BCUT2D eigenvalue weighted by atomic mass is 10.1. The van der Waals surface area contributed by atoms with Gasteiger partial charge < -0.3 is 5.32 Å². The van der Waals surface area contributed by atoms with Gasteiger partial charge in [0.15, 0.2) is 0 Å². The van der Waals surface area contributed by atoms with Crippen molar-refractivity contribution in [2.45, 2.75) is 27.2 Å². The van der Waals surface area contributed by atoms with Gasteiger partial charge in [-0.25, -0.2) is 4.39 Å².